The van der Waals surface area contributed by atoms with E-state index in [1.807, 2.05) is 0 Å². The molecular weight excluding hydrogens is 281 g/mol. The van der Waals surface area contributed by atoms with Gasteiger partial charge in [-0.2, -0.15) is 0 Å². The normalized spacial score (nSPS) is 10.2. The maximum absolute atomic E-state index is 13.0. The smallest absolute Gasteiger partial charge is 0.230 e. The van der Waals surface area contributed by atoms with Crippen LogP contribution in [0, 0.1) is 5.82 Å². The van der Waals surface area contributed by atoms with E-state index in [-0.39, 0.29) is 24.6 Å². The standard InChI is InChI=1S/C13H12FN3O2S/c14-9-3-1-2-8(4-9)5-12(19)17-13-16-10(7-20-13)6-11(15)18/h1-4,7H,5-6H2,(H2,15,18)(H,16,17,19). The number of nitrogens with one attached hydrogen (secondary N) is 1. The molecule has 0 fully saturated rings. The molecule has 0 aliphatic rings. The highest BCUT2D eigenvalue weighted by molar-refractivity contribution is 7.13. The molecule has 0 atom stereocenters. The third kappa shape index (κ3) is 4.13. The minimum absolute atomic E-state index is 0.0380. The van der Waals surface area contributed by atoms with E-state index in [9.17, 15) is 14.0 Å². The summed E-state index contributed by atoms with van der Waals surface area (Å²) < 4.78 is 13.0. The second-order valence-electron chi connectivity index (χ2n) is 4.14. The summed E-state index contributed by atoms with van der Waals surface area (Å²) in [5.41, 5.74) is 6.15. The first-order chi connectivity index (χ1) is 9.52. The van der Waals surface area contributed by atoms with Crippen molar-refractivity contribution in [2.24, 2.45) is 5.73 Å². The summed E-state index contributed by atoms with van der Waals surface area (Å²) in [6, 6.07) is 5.84. The van der Waals surface area contributed by atoms with Gasteiger partial charge >= 0.3 is 0 Å². The molecule has 5 nitrogen and oxygen atoms in total. The Balaban J connectivity index is 1.94. The summed E-state index contributed by atoms with van der Waals surface area (Å²) in [6.45, 7) is 0. The van der Waals surface area contributed by atoms with Gasteiger partial charge in [-0.05, 0) is 17.7 Å². The lowest BCUT2D eigenvalue weighted by molar-refractivity contribution is -0.117. The van der Waals surface area contributed by atoms with E-state index in [2.05, 4.69) is 10.3 Å². The number of benzene rings is 1. The number of thiazole rings is 1. The van der Waals surface area contributed by atoms with Crippen LogP contribution in [0.15, 0.2) is 29.6 Å². The topological polar surface area (TPSA) is 85.1 Å². The molecule has 3 N–H and O–H groups in total. The second-order valence-corrected chi connectivity index (χ2v) is 5.00. The van der Waals surface area contributed by atoms with Crippen molar-refractivity contribution in [3.63, 3.8) is 0 Å². The maximum atomic E-state index is 13.0. The molecule has 7 heteroatoms. The molecule has 2 rings (SSSR count). The van der Waals surface area contributed by atoms with Crippen LogP contribution in [0.4, 0.5) is 9.52 Å². The zero-order chi connectivity index (χ0) is 14.5. The van der Waals surface area contributed by atoms with Gasteiger partial charge in [0.15, 0.2) is 5.13 Å². The number of halogens is 1. The van der Waals surface area contributed by atoms with Crippen molar-refractivity contribution >= 4 is 28.3 Å². The van der Waals surface area contributed by atoms with Gasteiger partial charge in [-0.3, -0.25) is 9.59 Å². The lowest BCUT2D eigenvalue weighted by Crippen LogP contribution is -2.15. The van der Waals surface area contributed by atoms with Crippen LogP contribution in [0.1, 0.15) is 11.3 Å². The van der Waals surface area contributed by atoms with Gasteiger partial charge in [-0.15, -0.1) is 11.3 Å². The molecule has 1 aromatic heterocycles. The number of nitrogens with two attached hydrogens (primary N) is 1. The molecule has 0 aliphatic heterocycles. The first-order valence-electron chi connectivity index (χ1n) is 5.80. The predicted molar refractivity (Wildman–Crippen MR) is 73.7 cm³/mol. The highest BCUT2D eigenvalue weighted by atomic mass is 32.1. The maximum Gasteiger partial charge on any atom is 0.230 e. The molecular formula is C13H12FN3O2S. The molecule has 20 heavy (non-hydrogen) atoms. The first-order valence-corrected chi connectivity index (χ1v) is 6.68. The quantitative estimate of drug-likeness (QED) is 0.876. The number of hydrogen-bond acceptors (Lipinski definition) is 4. The fourth-order valence-electron chi connectivity index (χ4n) is 1.62. The van der Waals surface area contributed by atoms with Gasteiger partial charge in [0.2, 0.25) is 11.8 Å². The zero-order valence-electron chi connectivity index (χ0n) is 10.4. The van der Waals surface area contributed by atoms with Gasteiger partial charge in [-0.25, -0.2) is 9.37 Å². The lowest BCUT2D eigenvalue weighted by atomic mass is 10.1. The molecule has 2 aromatic rings. The highest BCUT2D eigenvalue weighted by Gasteiger charge is 2.09. The molecule has 0 unspecified atom stereocenters. The fraction of sp³-hybridized carbons (Fsp3) is 0.154. The second kappa shape index (κ2) is 6.25. The van der Waals surface area contributed by atoms with Crippen molar-refractivity contribution < 1.29 is 14.0 Å². The Kier molecular flexibility index (Phi) is 4.41. The number of rotatable bonds is 5. The van der Waals surface area contributed by atoms with E-state index >= 15 is 0 Å². The Morgan fingerprint density at radius 3 is 2.85 bits per heavy atom. The summed E-state index contributed by atoms with van der Waals surface area (Å²) in [5.74, 6) is -1.16. The van der Waals surface area contributed by atoms with E-state index in [4.69, 9.17) is 5.73 Å². The Labute approximate surface area is 118 Å². The lowest BCUT2D eigenvalue weighted by Gasteiger charge is -2.02. The Hall–Kier alpha value is -2.28. The van der Waals surface area contributed by atoms with Crippen molar-refractivity contribution in [2.75, 3.05) is 5.32 Å². The largest absolute Gasteiger partial charge is 0.369 e. The summed E-state index contributed by atoms with van der Waals surface area (Å²) in [4.78, 5) is 26.6. The van der Waals surface area contributed by atoms with Crippen molar-refractivity contribution in [1.29, 1.82) is 0 Å². The number of carbonyl (C=O) groups is 2. The van der Waals surface area contributed by atoms with Crippen LogP contribution in [0.5, 0.6) is 0 Å². The predicted octanol–water partition coefficient (Wildman–Crippen LogP) is 1.49. The van der Waals surface area contributed by atoms with Crippen molar-refractivity contribution in [3.05, 3.63) is 46.7 Å². The number of primary amides is 1. The Morgan fingerprint density at radius 2 is 2.15 bits per heavy atom. The number of nitrogens with zero attached hydrogens (tertiary/aromatic N) is 1. The van der Waals surface area contributed by atoms with Crippen LogP contribution in [-0.2, 0) is 22.4 Å². The minimum atomic E-state index is -0.479. The van der Waals surface area contributed by atoms with Crippen LogP contribution >= 0.6 is 11.3 Å². The molecule has 0 aliphatic carbocycles. The van der Waals surface area contributed by atoms with E-state index in [0.717, 1.165) is 0 Å². The Bertz CT molecular complexity index is 642. The van der Waals surface area contributed by atoms with E-state index in [0.29, 0.717) is 16.4 Å². The molecule has 0 saturated heterocycles. The molecule has 2 amide bonds. The molecule has 104 valence electrons. The van der Waals surface area contributed by atoms with Gasteiger partial charge in [0.05, 0.1) is 18.5 Å². The summed E-state index contributed by atoms with van der Waals surface area (Å²) >= 11 is 1.21. The van der Waals surface area contributed by atoms with Crippen LogP contribution in [0.2, 0.25) is 0 Å². The SMILES string of the molecule is NC(=O)Cc1csc(NC(=O)Cc2cccc(F)c2)n1. The fourth-order valence-corrected chi connectivity index (χ4v) is 2.35. The summed E-state index contributed by atoms with van der Waals surface area (Å²) in [6.07, 6.45) is 0.0960. The van der Waals surface area contributed by atoms with Crippen molar-refractivity contribution in [1.82, 2.24) is 4.98 Å². The highest BCUT2D eigenvalue weighted by Crippen LogP contribution is 2.16. The van der Waals surface area contributed by atoms with Gasteiger partial charge in [0.25, 0.3) is 0 Å². The minimum Gasteiger partial charge on any atom is -0.369 e. The van der Waals surface area contributed by atoms with E-state index in [1.165, 1.54) is 23.5 Å². The number of amides is 2. The molecule has 0 spiro atoms. The molecule has 0 radical (unpaired) electrons. The molecule has 0 saturated carbocycles. The van der Waals surface area contributed by atoms with Crippen molar-refractivity contribution in [2.45, 2.75) is 12.8 Å². The van der Waals surface area contributed by atoms with Crippen LogP contribution < -0.4 is 11.1 Å². The average Bonchev–Trinajstić information content (AvgIpc) is 2.75. The number of hydrogen-bond donors (Lipinski definition) is 2. The first kappa shape index (κ1) is 14.1. The average molecular weight is 293 g/mol. The third-order valence-electron chi connectivity index (χ3n) is 2.41. The Morgan fingerprint density at radius 1 is 1.35 bits per heavy atom. The monoisotopic (exact) mass is 293 g/mol. The van der Waals surface area contributed by atoms with Gasteiger partial charge in [0.1, 0.15) is 5.82 Å². The van der Waals surface area contributed by atoms with Crippen molar-refractivity contribution in [3.8, 4) is 0 Å². The van der Waals surface area contributed by atoms with Gasteiger partial charge < -0.3 is 11.1 Å². The third-order valence-corrected chi connectivity index (χ3v) is 3.21. The van der Waals surface area contributed by atoms with Crippen LogP contribution in [-0.4, -0.2) is 16.8 Å². The van der Waals surface area contributed by atoms with Crippen LogP contribution in [0.3, 0.4) is 0 Å². The number of anilines is 1. The number of aromatic nitrogens is 1. The summed E-state index contributed by atoms with van der Waals surface area (Å²) in [7, 11) is 0. The van der Waals surface area contributed by atoms with Gasteiger partial charge in [0, 0.05) is 5.38 Å². The number of carbonyl (C=O) groups excluding carboxylic acids is 2. The summed E-state index contributed by atoms with van der Waals surface area (Å²) in [5, 5.41) is 4.64. The van der Waals surface area contributed by atoms with Gasteiger partial charge in [-0.1, -0.05) is 12.1 Å². The van der Waals surface area contributed by atoms with E-state index in [1.54, 1.807) is 17.5 Å². The van der Waals surface area contributed by atoms with E-state index < -0.39 is 5.91 Å². The molecule has 0 bridgehead atoms. The molecule has 1 heterocycles. The molecule has 1 aromatic carbocycles. The zero-order valence-corrected chi connectivity index (χ0v) is 11.2. The van der Waals surface area contributed by atoms with Crippen LogP contribution in [0.25, 0.3) is 0 Å².